The van der Waals surface area contributed by atoms with Gasteiger partial charge < -0.3 is 10.8 Å². The van der Waals surface area contributed by atoms with Crippen LogP contribution in [0.2, 0.25) is 0 Å². The second-order valence-corrected chi connectivity index (χ2v) is 6.74. The van der Waals surface area contributed by atoms with Crippen molar-refractivity contribution in [3.8, 4) is 0 Å². The maximum absolute atomic E-state index is 12.3. The van der Waals surface area contributed by atoms with Crippen LogP contribution < -0.4 is 10.5 Å². The van der Waals surface area contributed by atoms with E-state index in [1.165, 1.54) is 12.1 Å². The van der Waals surface area contributed by atoms with Crippen molar-refractivity contribution >= 4 is 32.7 Å². The van der Waals surface area contributed by atoms with E-state index in [1.807, 2.05) is 12.1 Å². The van der Waals surface area contributed by atoms with Gasteiger partial charge >= 0.3 is 5.97 Å². The number of rotatable bonds is 7. The number of nitrogens with one attached hydrogen (secondary N) is 1. The van der Waals surface area contributed by atoms with Gasteiger partial charge in [0.05, 0.1) is 4.90 Å². The number of nitrogens with two attached hydrogens (primary N) is 1. The van der Waals surface area contributed by atoms with Crippen molar-refractivity contribution in [1.82, 2.24) is 4.72 Å². The van der Waals surface area contributed by atoms with Gasteiger partial charge in [0.2, 0.25) is 15.9 Å². The lowest BCUT2D eigenvalue weighted by atomic mass is 10.1. The lowest BCUT2D eigenvalue weighted by Gasteiger charge is -2.14. The first kappa shape index (κ1) is 16.9. The van der Waals surface area contributed by atoms with Crippen LogP contribution in [0.1, 0.15) is 12.8 Å². The van der Waals surface area contributed by atoms with Gasteiger partial charge in [-0.15, -0.1) is 0 Å². The molecule has 0 radical (unpaired) electrons. The number of carbonyl (C=O) groups is 2. The van der Waals surface area contributed by atoms with Crippen molar-refractivity contribution in [3.63, 3.8) is 0 Å². The third kappa shape index (κ3) is 4.27. The number of aliphatic carboxylic acids is 1. The summed E-state index contributed by atoms with van der Waals surface area (Å²) in [6.45, 7) is 0. The van der Waals surface area contributed by atoms with Gasteiger partial charge in [0.1, 0.15) is 6.04 Å². The van der Waals surface area contributed by atoms with E-state index in [-0.39, 0.29) is 17.7 Å². The van der Waals surface area contributed by atoms with E-state index in [4.69, 9.17) is 10.8 Å². The molecular formula is C15H16N2O5S. The van der Waals surface area contributed by atoms with Crippen molar-refractivity contribution in [2.75, 3.05) is 0 Å². The molecule has 8 heteroatoms. The molecule has 0 aliphatic heterocycles. The number of sulfonamides is 1. The molecule has 0 saturated heterocycles. The Bertz CT molecular complexity index is 848. The van der Waals surface area contributed by atoms with Gasteiger partial charge in [0, 0.05) is 6.42 Å². The van der Waals surface area contributed by atoms with Gasteiger partial charge in [-0.1, -0.05) is 30.3 Å². The highest BCUT2D eigenvalue weighted by atomic mass is 32.2. The molecule has 2 aromatic rings. The monoisotopic (exact) mass is 336 g/mol. The molecule has 0 saturated carbocycles. The van der Waals surface area contributed by atoms with Crippen molar-refractivity contribution < 1.29 is 23.1 Å². The summed E-state index contributed by atoms with van der Waals surface area (Å²) in [7, 11) is -4.03. The maximum atomic E-state index is 12.3. The summed E-state index contributed by atoms with van der Waals surface area (Å²) in [6.07, 6.45) is -0.436. The zero-order valence-electron chi connectivity index (χ0n) is 12.1. The number of hydrogen-bond donors (Lipinski definition) is 3. The van der Waals surface area contributed by atoms with Crippen molar-refractivity contribution in [2.24, 2.45) is 5.73 Å². The number of primary amides is 1. The molecule has 122 valence electrons. The van der Waals surface area contributed by atoms with Crippen LogP contribution in [0.25, 0.3) is 10.8 Å². The molecule has 0 aliphatic carbocycles. The summed E-state index contributed by atoms with van der Waals surface area (Å²) in [5, 5.41) is 10.7. The van der Waals surface area contributed by atoms with Gasteiger partial charge in [-0.2, -0.15) is 4.72 Å². The molecule has 0 bridgehead atoms. The van der Waals surface area contributed by atoms with Crippen LogP contribution in [0, 0.1) is 0 Å². The van der Waals surface area contributed by atoms with Gasteiger partial charge in [-0.3, -0.25) is 9.59 Å². The highest BCUT2D eigenvalue weighted by Crippen LogP contribution is 2.19. The fourth-order valence-electron chi connectivity index (χ4n) is 2.11. The number of carboxylic acid groups (broad SMARTS) is 1. The highest BCUT2D eigenvalue weighted by molar-refractivity contribution is 7.89. The van der Waals surface area contributed by atoms with Gasteiger partial charge in [-0.25, -0.2) is 8.42 Å². The Morgan fingerprint density at radius 1 is 1.13 bits per heavy atom. The van der Waals surface area contributed by atoms with Crippen molar-refractivity contribution in [2.45, 2.75) is 23.8 Å². The minimum atomic E-state index is -4.03. The Hall–Kier alpha value is -2.45. The molecule has 0 fully saturated rings. The highest BCUT2D eigenvalue weighted by Gasteiger charge is 2.25. The molecule has 1 amide bonds. The molecule has 2 aromatic carbocycles. The molecule has 0 unspecified atom stereocenters. The summed E-state index contributed by atoms with van der Waals surface area (Å²) >= 11 is 0. The van der Waals surface area contributed by atoms with Crippen LogP contribution in [0.3, 0.4) is 0 Å². The molecule has 0 spiro atoms. The first-order valence-electron chi connectivity index (χ1n) is 6.82. The van der Waals surface area contributed by atoms with Crippen LogP contribution >= 0.6 is 0 Å². The van der Waals surface area contributed by atoms with Crippen molar-refractivity contribution in [1.29, 1.82) is 0 Å². The SMILES string of the molecule is NC(=O)CC[C@@H](NS(=O)(=O)c1ccc2ccccc2c1)C(=O)O. The van der Waals surface area contributed by atoms with Gasteiger partial charge in [-0.05, 0) is 29.3 Å². The third-order valence-electron chi connectivity index (χ3n) is 3.31. The minimum absolute atomic E-state index is 0.0403. The molecular weight excluding hydrogens is 320 g/mol. The Balaban J connectivity index is 2.27. The molecule has 23 heavy (non-hydrogen) atoms. The van der Waals surface area contributed by atoms with Gasteiger partial charge in [0.25, 0.3) is 0 Å². The zero-order valence-corrected chi connectivity index (χ0v) is 12.9. The first-order valence-corrected chi connectivity index (χ1v) is 8.30. The molecule has 7 nitrogen and oxygen atoms in total. The minimum Gasteiger partial charge on any atom is -0.480 e. The summed E-state index contributed by atoms with van der Waals surface area (Å²) in [5.74, 6) is -2.06. The second-order valence-electron chi connectivity index (χ2n) is 5.03. The van der Waals surface area contributed by atoms with E-state index in [0.29, 0.717) is 0 Å². The Labute approximate surface area is 133 Å². The zero-order chi connectivity index (χ0) is 17.0. The maximum Gasteiger partial charge on any atom is 0.321 e. The number of hydrogen-bond acceptors (Lipinski definition) is 4. The molecule has 4 N–H and O–H groups in total. The summed E-state index contributed by atoms with van der Waals surface area (Å²) in [6, 6.07) is 10.3. The molecule has 0 aromatic heterocycles. The van der Waals surface area contributed by atoms with E-state index in [2.05, 4.69) is 4.72 Å². The number of carboxylic acids is 1. The van der Waals surface area contributed by atoms with Crippen LogP contribution in [0.15, 0.2) is 47.4 Å². The Morgan fingerprint density at radius 3 is 2.39 bits per heavy atom. The van der Waals surface area contributed by atoms with E-state index < -0.39 is 27.9 Å². The normalized spacial score (nSPS) is 12.9. The molecule has 0 aliphatic rings. The van der Waals surface area contributed by atoms with Crippen LogP contribution in [-0.2, 0) is 19.6 Å². The molecule has 1 atom stereocenters. The second kappa shape index (κ2) is 6.76. The topological polar surface area (TPSA) is 127 Å². The quantitative estimate of drug-likeness (QED) is 0.690. The third-order valence-corrected chi connectivity index (χ3v) is 4.78. The van der Waals surface area contributed by atoms with Crippen molar-refractivity contribution in [3.05, 3.63) is 42.5 Å². The average Bonchev–Trinajstić information content (AvgIpc) is 2.50. The molecule has 0 heterocycles. The predicted octanol–water partition coefficient (Wildman–Crippen LogP) is 0.837. The number of carbonyl (C=O) groups excluding carboxylic acids is 1. The van der Waals surface area contributed by atoms with E-state index in [9.17, 15) is 18.0 Å². The Morgan fingerprint density at radius 2 is 1.78 bits per heavy atom. The first-order chi connectivity index (χ1) is 10.8. The number of fused-ring (bicyclic) bond motifs is 1. The summed E-state index contributed by atoms with van der Waals surface area (Å²) < 4.78 is 26.8. The predicted molar refractivity (Wildman–Crippen MR) is 84.1 cm³/mol. The molecule has 2 rings (SSSR count). The lowest BCUT2D eigenvalue weighted by Crippen LogP contribution is -2.41. The smallest absolute Gasteiger partial charge is 0.321 e. The lowest BCUT2D eigenvalue weighted by molar-refractivity contribution is -0.139. The fraction of sp³-hybridized carbons (Fsp3) is 0.200. The Kier molecular flexibility index (Phi) is 4.97. The van der Waals surface area contributed by atoms with Crippen LogP contribution in [0.5, 0.6) is 0 Å². The number of benzene rings is 2. The number of amides is 1. The summed E-state index contributed by atoms with van der Waals surface area (Å²) in [5.41, 5.74) is 4.97. The van der Waals surface area contributed by atoms with E-state index in [1.54, 1.807) is 18.2 Å². The largest absolute Gasteiger partial charge is 0.480 e. The average molecular weight is 336 g/mol. The van der Waals surface area contributed by atoms with E-state index >= 15 is 0 Å². The van der Waals surface area contributed by atoms with Crippen LogP contribution in [-0.4, -0.2) is 31.4 Å². The van der Waals surface area contributed by atoms with Gasteiger partial charge in [0.15, 0.2) is 0 Å². The van der Waals surface area contributed by atoms with E-state index in [0.717, 1.165) is 10.8 Å². The van der Waals surface area contributed by atoms with Crippen LogP contribution in [0.4, 0.5) is 0 Å². The fourth-order valence-corrected chi connectivity index (χ4v) is 3.37. The standard InChI is InChI=1S/C15H16N2O5S/c16-14(18)8-7-13(15(19)20)17-23(21,22)12-6-5-10-3-1-2-4-11(10)9-12/h1-6,9,13,17H,7-8H2,(H2,16,18)(H,19,20)/t13-/m1/s1. The summed E-state index contributed by atoms with van der Waals surface area (Å²) in [4.78, 5) is 21.9.